The normalized spacial score (nSPS) is 10.7. The topological polar surface area (TPSA) is 221 Å². The minimum atomic E-state index is -2.94. The molecule has 0 aliphatic carbocycles. The van der Waals surface area contributed by atoms with Crippen molar-refractivity contribution in [3.8, 4) is 23.0 Å². The predicted octanol–water partition coefficient (Wildman–Crippen LogP) is 12.8. The average Bonchev–Trinajstić information content (AvgIpc) is 0.935. The first-order valence-corrected chi connectivity index (χ1v) is 35.3. The van der Waals surface area contributed by atoms with Gasteiger partial charge in [-0.25, -0.2) is 0 Å². The second-order valence-corrected chi connectivity index (χ2v) is 24.7. The predicted molar refractivity (Wildman–Crippen MR) is 370 cm³/mol. The quantitative estimate of drug-likeness (QED) is 0.0407. The fourth-order valence-electron chi connectivity index (χ4n) is 11.0. The molecule has 0 saturated heterocycles. The van der Waals surface area contributed by atoms with Gasteiger partial charge in [0.05, 0.1) is 0 Å². The zero-order valence-corrected chi connectivity index (χ0v) is 57.2. The Balaban J connectivity index is 0.000000165. The van der Waals surface area contributed by atoms with Crippen LogP contribution < -0.4 is 57.2 Å². The van der Waals surface area contributed by atoms with Crippen LogP contribution in [-0.2, 0) is 67.9 Å². The van der Waals surface area contributed by atoms with Crippen molar-refractivity contribution in [2.75, 3.05) is 0 Å². The Morgan fingerprint density at radius 1 is 0.175 bits per heavy atom. The summed E-state index contributed by atoms with van der Waals surface area (Å²) in [7, 11) is -11.8. The van der Waals surface area contributed by atoms with E-state index in [4.69, 9.17) is 18.1 Å². The van der Waals surface area contributed by atoms with Crippen LogP contribution in [-0.4, -0.2) is 0 Å². The number of rotatable bonds is 24. The van der Waals surface area contributed by atoms with Crippen LogP contribution in [0.25, 0.3) is 0 Å². The van der Waals surface area contributed by atoms with Crippen molar-refractivity contribution < 1.29 is 73.7 Å². The van der Waals surface area contributed by atoms with Crippen molar-refractivity contribution >= 4 is 34.4 Å². The molecule has 0 aromatic heterocycles. The third-order valence-electron chi connectivity index (χ3n) is 15.5. The van der Waals surface area contributed by atoms with Crippen LogP contribution in [0, 0.1) is 0 Å². The van der Waals surface area contributed by atoms with E-state index in [1.807, 2.05) is 243 Å². The molecule has 0 radical (unpaired) electrons. The van der Waals surface area contributed by atoms with Crippen molar-refractivity contribution in [2.45, 2.75) is 51.4 Å². The first-order valence-electron chi connectivity index (χ1n) is 30.9. The van der Waals surface area contributed by atoms with Gasteiger partial charge in [-0.3, -0.25) is 0 Å². The molecule has 0 fully saturated rings. The fourth-order valence-corrected chi connectivity index (χ4v) is 12.4. The first-order chi connectivity index (χ1) is 46.9. The van der Waals surface area contributed by atoms with Gasteiger partial charge in [0.15, 0.2) is 0 Å². The van der Waals surface area contributed by atoms with E-state index in [-0.39, 0.29) is 16.5 Å². The summed E-state index contributed by atoms with van der Waals surface area (Å²) in [4.78, 5) is 88.5. The van der Waals surface area contributed by atoms with E-state index in [9.17, 15) is 39.1 Å². The second-order valence-electron chi connectivity index (χ2n) is 22.1. The number of benzene rings is 12. The Kier molecular flexibility index (Phi) is 31.1. The summed E-state index contributed by atoms with van der Waals surface area (Å²) in [5.41, 5.74) is 17.1. The molecule has 0 heterocycles. The molecule has 0 unspecified atom stereocenters. The van der Waals surface area contributed by atoms with Gasteiger partial charge in [-0.2, -0.15) is 0 Å². The molecule has 0 atom stereocenters. The second kappa shape index (κ2) is 40.5. The van der Waals surface area contributed by atoms with Crippen molar-refractivity contribution in [1.82, 2.24) is 0 Å². The van der Waals surface area contributed by atoms with Crippen molar-refractivity contribution in [2.24, 2.45) is 0 Å². The molecule has 12 nitrogen and oxygen atoms in total. The first kappa shape index (κ1) is 74.5. The molecule has 12 rings (SSSR count). The summed E-state index contributed by atoms with van der Waals surface area (Å²) in [5.74, 6) is 1.62. The Hall–Kier alpha value is -8.27. The van der Waals surface area contributed by atoms with Crippen molar-refractivity contribution in [1.29, 1.82) is 0 Å². The zero-order chi connectivity index (χ0) is 67.1. The van der Waals surface area contributed by atoms with E-state index in [1.54, 1.807) is 24.3 Å². The van der Waals surface area contributed by atoms with Crippen LogP contribution >= 0.6 is 34.4 Å². The Morgan fingerprint density at radius 2 is 0.320 bits per heavy atom. The smallest absolute Gasteiger partial charge is 0.810 e. The standard InChI is InChI=1S/4C20H17O3P.Ni/c4*21-24(22)23-20-13-7-12-18(14-16-8-3-1-4-9-16)19(20)15-17-10-5-2-6-11-17;/h4*1-13H,14-15H2;/q4*-2;+2. The van der Waals surface area contributed by atoms with E-state index >= 15 is 0 Å². The molecular weight excluding hydrogens is 1340 g/mol. The molecular formula is C80H68NiO12P4-6. The van der Waals surface area contributed by atoms with Gasteiger partial charge in [-0.15, -0.1) is 0 Å². The molecule has 0 N–H and O–H groups in total. The molecule has 0 aliphatic heterocycles. The van der Waals surface area contributed by atoms with Crippen LogP contribution in [0.15, 0.2) is 315 Å². The van der Waals surface area contributed by atoms with Crippen LogP contribution in [0.5, 0.6) is 23.0 Å². The van der Waals surface area contributed by atoms with Gasteiger partial charge in [0.2, 0.25) is 0 Å². The van der Waals surface area contributed by atoms with E-state index < -0.39 is 34.4 Å². The largest absolute Gasteiger partial charge is 2.00 e. The number of hydrogen-bond acceptors (Lipinski definition) is 12. The average molecular weight is 1400 g/mol. The summed E-state index contributed by atoms with van der Waals surface area (Å²) in [6, 6.07) is 103. The molecule has 97 heavy (non-hydrogen) atoms. The van der Waals surface area contributed by atoms with Gasteiger partial charge in [0.25, 0.3) is 0 Å². The maximum atomic E-state index is 11.1. The minimum Gasteiger partial charge on any atom is -0.810 e. The van der Waals surface area contributed by atoms with E-state index in [0.717, 1.165) is 92.4 Å². The molecule has 12 aromatic carbocycles. The van der Waals surface area contributed by atoms with E-state index in [2.05, 4.69) is 48.5 Å². The fraction of sp³-hybridized carbons (Fsp3) is 0.100. The molecule has 12 aromatic rings. The molecule has 0 amide bonds. The SMILES string of the molecule is [Ni+2].[O-]P([O-])Oc1cccc(Cc2ccccc2)c1Cc1ccccc1.[O-]P([O-])Oc1cccc(Cc2ccccc2)c1Cc1ccccc1.[O-]P([O-])Oc1cccc(Cc2ccccc2)c1Cc1ccccc1.[O-]P([O-])Oc1cccc(Cc2ccccc2)c1Cc1ccccc1. The van der Waals surface area contributed by atoms with Gasteiger partial charge in [-0.1, -0.05) is 326 Å². The maximum absolute atomic E-state index is 11.1. The van der Waals surface area contributed by atoms with Gasteiger partial charge < -0.3 is 57.2 Å². The molecule has 17 heteroatoms. The minimum absolute atomic E-state index is 0. The van der Waals surface area contributed by atoms with Gasteiger partial charge in [-0.05, 0) is 117 Å². The molecule has 0 spiro atoms. The summed E-state index contributed by atoms with van der Waals surface area (Å²) in [5, 5.41) is 0. The zero-order valence-electron chi connectivity index (χ0n) is 52.7. The third-order valence-corrected chi connectivity index (χ3v) is 16.8. The van der Waals surface area contributed by atoms with Crippen LogP contribution in [0.3, 0.4) is 0 Å². The van der Waals surface area contributed by atoms with Gasteiger partial charge >= 0.3 is 16.5 Å². The van der Waals surface area contributed by atoms with Crippen molar-refractivity contribution in [3.63, 3.8) is 0 Å². The Labute approximate surface area is 583 Å². The third kappa shape index (κ3) is 25.3. The Bertz CT molecular complexity index is 3650. The molecule has 0 bridgehead atoms. The molecule has 496 valence electrons. The molecule has 0 aliphatic rings. The number of hydrogen-bond donors (Lipinski definition) is 0. The van der Waals surface area contributed by atoms with Crippen molar-refractivity contribution in [3.05, 3.63) is 404 Å². The van der Waals surface area contributed by atoms with Gasteiger partial charge in [0.1, 0.15) is 23.0 Å². The van der Waals surface area contributed by atoms with Crippen LogP contribution in [0.4, 0.5) is 0 Å². The summed E-state index contributed by atoms with van der Waals surface area (Å²) in [6.45, 7) is 0. The van der Waals surface area contributed by atoms with Gasteiger partial charge in [0, 0.05) is 47.9 Å². The van der Waals surface area contributed by atoms with E-state index in [0.29, 0.717) is 48.7 Å². The monoisotopic (exact) mass is 1400 g/mol. The van der Waals surface area contributed by atoms with E-state index in [1.165, 1.54) is 22.3 Å². The molecule has 0 saturated carbocycles. The summed E-state index contributed by atoms with van der Waals surface area (Å²) >= 11 is 0. The summed E-state index contributed by atoms with van der Waals surface area (Å²) in [6.07, 6.45) is 5.44. The van der Waals surface area contributed by atoms with Crippen LogP contribution in [0.2, 0.25) is 0 Å². The van der Waals surface area contributed by atoms with Crippen LogP contribution in [0.1, 0.15) is 89.0 Å². The summed E-state index contributed by atoms with van der Waals surface area (Å²) < 4.78 is 20.2. The Morgan fingerprint density at radius 3 is 0.464 bits per heavy atom. The maximum Gasteiger partial charge on any atom is 2.00 e.